The molecule has 0 saturated heterocycles. The maximum Gasteiger partial charge on any atom is 0.193 e. The van der Waals surface area contributed by atoms with Crippen LogP contribution in [0.2, 0.25) is 0 Å². The first kappa shape index (κ1) is 17.9. The summed E-state index contributed by atoms with van der Waals surface area (Å²) in [5, 5.41) is 0. The number of nitrogens with zero attached hydrogens (tertiary/aromatic N) is 1. The number of likely N-dealkylation sites (N-methyl/N-ethyl adjacent to an activating group) is 1. The number of hydrogen-bond acceptors (Lipinski definition) is 4. The summed E-state index contributed by atoms with van der Waals surface area (Å²) in [6, 6.07) is 9.59. The normalized spacial score (nSPS) is 10.9. The van der Waals surface area contributed by atoms with E-state index in [2.05, 4.69) is 4.98 Å². The Kier molecular flexibility index (Phi) is 5.93. The van der Waals surface area contributed by atoms with E-state index in [0.717, 1.165) is 17.0 Å². The number of hydrogen-bond donors (Lipinski definition) is 1. The van der Waals surface area contributed by atoms with E-state index in [-0.39, 0.29) is 18.1 Å². The molecule has 0 amide bonds. The number of carbonyl (C=O) groups is 2. The van der Waals surface area contributed by atoms with Crippen LogP contribution in [-0.2, 0) is 0 Å². The van der Waals surface area contributed by atoms with Crippen molar-refractivity contribution in [3.8, 4) is 5.75 Å². The second-order valence-electron chi connectivity index (χ2n) is 6.00. The lowest BCUT2D eigenvalue weighted by Crippen LogP contribution is -2.30. The predicted molar refractivity (Wildman–Crippen MR) is 94.0 cm³/mol. The molecule has 128 valence electrons. The summed E-state index contributed by atoms with van der Waals surface area (Å²) in [7, 11) is 1.88. The van der Waals surface area contributed by atoms with Gasteiger partial charge in [0.05, 0.1) is 12.2 Å². The van der Waals surface area contributed by atoms with E-state index in [1.54, 1.807) is 0 Å². The molecule has 0 aliphatic rings. The van der Waals surface area contributed by atoms with E-state index < -0.39 is 0 Å². The first-order chi connectivity index (χ1) is 11.4. The molecule has 5 heteroatoms. The van der Waals surface area contributed by atoms with Gasteiger partial charge in [0.15, 0.2) is 11.6 Å². The van der Waals surface area contributed by atoms with Crippen molar-refractivity contribution >= 4 is 11.6 Å². The number of nitrogens with one attached hydrogen (secondary N) is 1. The van der Waals surface area contributed by atoms with Gasteiger partial charge in [0, 0.05) is 17.8 Å². The van der Waals surface area contributed by atoms with Crippen molar-refractivity contribution in [2.24, 2.45) is 0 Å². The van der Waals surface area contributed by atoms with Crippen LogP contribution in [0.4, 0.5) is 0 Å². The summed E-state index contributed by atoms with van der Waals surface area (Å²) >= 11 is 0. The molecule has 0 radical (unpaired) electrons. The summed E-state index contributed by atoms with van der Waals surface area (Å²) in [6.45, 7) is 6.57. The number of H-pyrrole nitrogens is 1. The van der Waals surface area contributed by atoms with Crippen molar-refractivity contribution < 1.29 is 14.3 Å². The van der Waals surface area contributed by atoms with Crippen LogP contribution < -0.4 is 4.74 Å². The first-order valence-electron chi connectivity index (χ1n) is 7.99. The number of rotatable bonds is 8. The quantitative estimate of drug-likeness (QED) is 0.757. The molecule has 2 rings (SSSR count). The molecule has 1 heterocycles. The van der Waals surface area contributed by atoms with Gasteiger partial charge in [-0.1, -0.05) is 18.2 Å². The Labute approximate surface area is 142 Å². The van der Waals surface area contributed by atoms with Crippen LogP contribution >= 0.6 is 0 Å². The van der Waals surface area contributed by atoms with Gasteiger partial charge in [-0.25, -0.2) is 0 Å². The minimum atomic E-state index is -0.0232. The van der Waals surface area contributed by atoms with Crippen LogP contribution in [0.1, 0.15) is 39.0 Å². The minimum absolute atomic E-state index is 0.0229. The highest BCUT2D eigenvalue weighted by Gasteiger charge is 2.20. The number of para-hydroxylation sites is 1. The third-order valence-electron chi connectivity index (χ3n) is 3.97. The maximum absolute atomic E-state index is 12.5. The number of aromatic amines is 1. The molecule has 0 spiro atoms. The number of aryl methyl sites for hydroxylation is 1. The van der Waals surface area contributed by atoms with Crippen LogP contribution in [0.15, 0.2) is 30.3 Å². The van der Waals surface area contributed by atoms with E-state index in [9.17, 15) is 9.59 Å². The highest BCUT2D eigenvalue weighted by molar-refractivity contribution is 6.03. The van der Waals surface area contributed by atoms with Gasteiger partial charge in [0.1, 0.15) is 12.4 Å². The fourth-order valence-electron chi connectivity index (χ4n) is 2.80. The topological polar surface area (TPSA) is 62.4 Å². The zero-order chi connectivity index (χ0) is 17.7. The average Bonchev–Trinajstić information content (AvgIpc) is 2.83. The Morgan fingerprint density at radius 1 is 1.17 bits per heavy atom. The van der Waals surface area contributed by atoms with Crippen molar-refractivity contribution in [1.82, 2.24) is 9.88 Å². The molecule has 24 heavy (non-hydrogen) atoms. The second kappa shape index (κ2) is 7.93. The Morgan fingerprint density at radius 3 is 2.42 bits per heavy atom. The average molecular weight is 328 g/mol. The van der Waals surface area contributed by atoms with Crippen LogP contribution in [0.5, 0.6) is 5.75 Å². The van der Waals surface area contributed by atoms with Gasteiger partial charge in [-0.3, -0.25) is 14.5 Å². The van der Waals surface area contributed by atoms with Gasteiger partial charge in [-0.15, -0.1) is 0 Å². The van der Waals surface area contributed by atoms with E-state index in [1.807, 2.05) is 56.1 Å². The van der Waals surface area contributed by atoms with Crippen LogP contribution in [-0.4, -0.2) is 48.2 Å². The van der Waals surface area contributed by atoms with Gasteiger partial charge < -0.3 is 9.72 Å². The maximum atomic E-state index is 12.5. The summed E-state index contributed by atoms with van der Waals surface area (Å²) < 4.78 is 5.64. The minimum Gasteiger partial charge on any atom is -0.492 e. The van der Waals surface area contributed by atoms with Gasteiger partial charge in [0.2, 0.25) is 0 Å². The molecule has 1 N–H and O–H groups in total. The number of carbonyl (C=O) groups excluding carboxylic acids is 2. The highest BCUT2D eigenvalue weighted by Crippen LogP contribution is 2.19. The molecule has 0 fully saturated rings. The van der Waals surface area contributed by atoms with Gasteiger partial charge in [-0.2, -0.15) is 0 Å². The van der Waals surface area contributed by atoms with Crippen molar-refractivity contribution in [2.75, 3.05) is 26.7 Å². The third-order valence-corrected chi connectivity index (χ3v) is 3.97. The monoisotopic (exact) mass is 328 g/mol. The highest BCUT2D eigenvalue weighted by atomic mass is 16.5. The number of ketones is 2. The SMILES string of the molecule is CC(=O)c1c(C)[nH]c(C(=O)CN(C)CCOc2ccccc2)c1C. The number of ether oxygens (including phenoxy) is 1. The second-order valence-corrected chi connectivity index (χ2v) is 6.00. The molecule has 0 saturated carbocycles. The van der Waals surface area contributed by atoms with Gasteiger partial charge in [-0.05, 0) is 45.5 Å². The summed E-state index contributed by atoms with van der Waals surface area (Å²) in [5.74, 6) is 0.773. The molecular weight excluding hydrogens is 304 g/mol. The lowest BCUT2D eigenvalue weighted by molar-refractivity contribution is 0.0933. The zero-order valence-electron chi connectivity index (χ0n) is 14.7. The molecular formula is C19H24N2O3. The Balaban J connectivity index is 1.90. The van der Waals surface area contributed by atoms with E-state index in [4.69, 9.17) is 4.74 Å². The predicted octanol–water partition coefficient (Wildman–Crippen LogP) is 3.03. The number of Topliss-reactive ketones (excluding diaryl/α,β-unsaturated/α-hetero) is 2. The first-order valence-corrected chi connectivity index (χ1v) is 7.99. The van der Waals surface area contributed by atoms with Crippen molar-refractivity contribution in [3.63, 3.8) is 0 Å². The van der Waals surface area contributed by atoms with Crippen molar-refractivity contribution in [1.29, 1.82) is 0 Å². The van der Waals surface area contributed by atoms with Crippen LogP contribution in [0.3, 0.4) is 0 Å². The molecule has 0 aliphatic carbocycles. The Morgan fingerprint density at radius 2 is 1.83 bits per heavy atom. The van der Waals surface area contributed by atoms with E-state index in [0.29, 0.717) is 24.4 Å². The third kappa shape index (κ3) is 4.32. The molecule has 0 bridgehead atoms. The molecule has 0 atom stereocenters. The molecule has 0 unspecified atom stereocenters. The lowest BCUT2D eigenvalue weighted by atomic mass is 10.1. The fourth-order valence-corrected chi connectivity index (χ4v) is 2.80. The molecule has 1 aromatic carbocycles. The zero-order valence-corrected chi connectivity index (χ0v) is 14.7. The molecule has 2 aromatic rings. The van der Waals surface area contributed by atoms with Gasteiger partial charge in [0.25, 0.3) is 0 Å². The van der Waals surface area contributed by atoms with Crippen molar-refractivity contribution in [2.45, 2.75) is 20.8 Å². The fraction of sp³-hybridized carbons (Fsp3) is 0.368. The van der Waals surface area contributed by atoms with E-state index in [1.165, 1.54) is 6.92 Å². The largest absolute Gasteiger partial charge is 0.492 e. The van der Waals surface area contributed by atoms with Crippen LogP contribution in [0, 0.1) is 13.8 Å². The number of aromatic nitrogens is 1. The summed E-state index contributed by atoms with van der Waals surface area (Å²) in [5.41, 5.74) is 2.62. The van der Waals surface area contributed by atoms with Crippen molar-refractivity contribution in [3.05, 3.63) is 52.8 Å². The Hall–Kier alpha value is -2.40. The smallest absolute Gasteiger partial charge is 0.193 e. The molecule has 5 nitrogen and oxygen atoms in total. The van der Waals surface area contributed by atoms with Gasteiger partial charge >= 0.3 is 0 Å². The summed E-state index contributed by atoms with van der Waals surface area (Å²) in [6.07, 6.45) is 0. The Bertz CT molecular complexity index is 720. The standard InChI is InChI=1S/C19H24N2O3/c1-13-18(15(3)22)14(2)20-19(13)17(23)12-21(4)10-11-24-16-8-6-5-7-9-16/h5-9,20H,10-12H2,1-4H3. The molecule has 0 aliphatic heterocycles. The number of benzene rings is 1. The van der Waals surface area contributed by atoms with Crippen LogP contribution in [0.25, 0.3) is 0 Å². The van der Waals surface area contributed by atoms with E-state index >= 15 is 0 Å². The lowest BCUT2D eigenvalue weighted by Gasteiger charge is -2.16. The summed E-state index contributed by atoms with van der Waals surface area (Å²) in [4.78, 5) is 29.1. The molecule has 1 aromatic heterocycles.